The average molecular weight is 347 g/mol. The maximum Gasteiger partial charge on any atom is 0.313 e. The van der Waals surface area contributed by atoms with Gasteiger partial charge in [-0.1, -0.05) is 12.1 Å². The van der Waals surface area contributed by atoms with Crippen LogP contribution in [0.25, 0.3) is 0 Å². The van der Waals surface area contributed by atoms with E-state index in [1.807, 2.05) is 0 Å². The minimum absolute atomic E-state index is 0.0194. The van der Waals surface area contributed by atoms with Crippen LogP contribution in [-0.4, -0.2) is 53.8 Å². The summed E-state index contributed by atoms with van der Waals surface area (Å²) in [5.41, 5.74) is 0.0889. The first kappa shape index (κ1) is 18.8. The van der Waals surface area contributed by atoms with Crippen LogP contribution in [-0.2, 0) is 19.1 Å². The molecule has 2 amide bonds. The van der Waals surface area contributed by atoms with Crippen molar-refractivity contribution in [1.29, 1.82) is 0 Å². The third-order valence-corrected chi connectivity index (χ3v) is 3.36. The lowest BCUT2D eigenvalue weighted by atomic mass is 10.1. The van der Waals surface area contributed by atoms with Gasteiger partial charge in [-0.15, -0.1) is 0 Å². The van der Waals surface area contributed by atoms with E-state index in [1.165, 1.54) is 0 Å². The molecule has 7 heteroatoms. The zero-order chi connectivity index (χ0) is 18.6. The number of imide groups is 1. The SMILES string of the molecule is CC(C)(C)OC(=O)CC(=O)COCCN1C(=O)c2ccccc2C1=O. The molecule has 0 aliphatic carbocycles. The summed E-state index contributed by atoms with van der Waals surface area (Å²) < 4.78 is 10.2. The van der Waals surface area contributed by atoms with Crippen molar-refractivity contribution in [1.82, 2.24) is 4.90 Å². The molecule has 0 saturated heterocycles. The molecule has 7 nitrogen and oxygen atoms in total. The standard InChI is InChI=1S/C18H21NO6/c1-18(2,3)25-15(21)10-12(20)11-24-9-8-19-16(22)13-6-4-5-7-14(13)17(19)23/h4-7H,8-11H2,1-3H3. The molecule has 134 valence electrons. The molecule has 0 radical (unpaired) electrons. The summed E-state index contributed by atoms with van der Waals surface area (Å²) in [5, 5.41) is 0. The van der Waals surface area contributed by atoms with Gasteiger partial charge in [0.05, 0.1) is 24.3 Å². The predicted molar refractivity (Wildman–Crippen MR) is 88.1 cm³/mol. The van der Waals surface area contributed by atoms with E-state index < -0.39 is 17.4 Å². The molecular formula is C18H21NO6. The fourth-order valence-electron chi connectivity index (χ4n) is 2.37. The zero-order valence-corrected chi connectivity index (χ0v) is 14.5. The van der Waals surface area contributed by atoms with Crippen LogP contribution in [0, 0.1) is 0 Å². The van der Waals surface area contributed by atoms with Gasteiger partial charge in [-0.3, -0.25) is 24.1 Å². The second-order valence-corrected chi connectivity index (χ2v) is 6.66. The topological polar surface area (TPSA) is 90.0 Å². The summed E-state index contributed by atoms with van der Waals surface area (Å²) in [6.45, 7) is 4.94. The number of carbonyl (C=O) groups excluding carboxylic acids is 4. The Hall–Kier alpha value is -2.54. The van der Waals surface area contributed by atoms with E-state index in [4.69, 9.17) is 9.47 Å². The van der Waals surface area contributed by atoms with Gasteiger partial charge in [0.25, 0.3) is 11.8 Å². The van der Waals surface area contributed by atoms with Crippen molar-refractivity contribution >= 4 is 23.6 Å². The molecule has 0 atom stereocenters. The molecule has 1 aromatic carbocycles. The monoisotopic (exact) mass is 347 g/mol. The van der Waals surface area contributed by atoms with E-state index in [9.17, 15) is 19.2 Å². The second kappa shape index (κ2) is 7.57. The molecule has 25 heavy (non-hydrogen) atoms. The van der Waals surface area contributed by atoms with Crippen molar-refractivity contribution in [3.8, 4) is 0 Å². The fraction of sp³-hybridized carbons (Fsp3) is 0.444. The van der Waals surface area contributed by atoms with Gasteiger partial charge in [0.1, 0.15) is 18.6 Å². The largest absolute Gasteiger partial charge is 0.460 e. The zero-order valence-electron chi connectivity index (χ0n) is 14.5. The van der Waals surface area contributed by atoms with Crippen LogP contribution >= 0.6 is 0 Å². The van der Waals surface area contributed by atoms with Gasteiger partial charge in [0.2, 0.25) is 0 Å². The summed E-state index contributed by atoms with van der Waals surface area (Å²) in [5.74, 6) is -1.77. The van der Waals surface area contributed by atoms with Crippen molar-refractivity contribution in [2.75, 3.05) is 19.8 Å². The van der Waals surface area contributed by atoms with Crippen molar-refractivity contribution in [3.05, 3.63) is 35.4 Å². The molecule has 0 aromatic heterocycles. The molecule has 0 bridgehead atoms. The highest BCUT2D eigenvalue weighted by atomic mass is 16.6. The number of ketones is 1. The Morgan fingerprint density at radius 2 is 1.60 bits per heavy atom. The number of Topliss-reactive ketones (excluding diaryl/α,β-unsaturated/α-hetero) is 1. The Kier molecular flexibility index (Phi) is 5.69. The number of rotatable bonds is 7. The molecule has 0 N–H and O–H groups in total. The highest BCUT2D eigenvalue weighted by Crippen LogP contribution is 2.21. The van der Waals surface area contributed by atoms with Gasteiger partial charge in [0.15, 0.2) is 5.78 Å². The van der Waals surface area contributed by atoms with Crippen LogP contribution in [0.5, 0.6) is 0 Å². The number of benzene rings is 1. The molecule has 0 fully saturated rings. The van der Waals surface area contributed by atoms with E-state index >= 15 is 0 Å². The smallest absolute Gasteiger partial charge is 0.313 e. The summed E-state index contributed by atoms with van der Waals surface area (Å²) >= 11 is 0. The molecule has 1 heterocycles. The number of nitrogens with zero attached hydrogens (tertiary/aromatic N) is 1. The third kappa shape index (κ3) is 4.96. The first-order chi connectivity index (χ1) is 11.7. The highest BCUT2D eigenvalue weighted by Gasteiger charge is 2.34. The van der Waals surface area contributed by atoms with Gasteiger partial charge in [-0.2, -0.15) is 0 Å². The maximum atomic E-state index is 12.1. The number of esters is 1. The van der Waals surface area contributed by atoms with Crippen molar-refractivity contribution in [3.63, 3.8) is 0 Å². The average Bonchev–Trinajstić information content (AvgIpc) is 2.74. The first-order valence-electron chi connectivity index (χ1n) is 7.95. The molecule has 1 aromatic rings. The lowest BCUT2D eigenvalue weighted by Crippen LogP contribution is -2.33. The van der Waals surface area contributed by atoms with Gasteiger partial charge >= 0.3 is 5.97 Å². The highest BCUT2D eigenvalue weighted by molar-refractivity contribution is 6.21. The Labute approximate surface area is 145 Å². The van der Waals surface area contributed by atoms with Crippen LogP contribution in [0.1, 0.15) is 47.9 Å². The third-order valence-electron chi connectivity index (χ3n) is 3.36. The fourth-order valence-corrected chi connectivity index (χ4v) is 2.37. The van der Waals surface area contributed by atoms with Gasteiger partial charge in [-0.25, -0.2) is 0 Å². The number of amides is 2. The van der Waals surface area contributed by atoms with E-state index in [2.05, 4.69) is 0 Å². The summed E-state index contributed by atoms with van der Waals surface area (Å²) in [4.78, 5) is 48.6. The van der Waals surface area contributed by atoms with Crippen LogP contribution in [0.4, 0.5) is 0 Å². The normalized spacial score (nSPS) is 13.8. The first-order valence-corrected chi connectivity index (χ1v) is 7.95. The van der Waals surface area contributed by atoms with Gasteiger partial charge < -0.3 is 9.47 Å². The number of hydrogen-bond acceptors (Lipinski definition) is 6. The summed E-state index contributed by atoms with van der Waals surface area (Å²) in [7, 11) is 0. The molecule has 0 saturated carbocycles. The second-order valence-electron chi connectivity index (χ2n) is 6.66. The predicted octanol–water partition coefficient (Wildman–Crippen LogP) is 1.60. The maximum absolute atomic E-state index is 12.1. The van der Waals surface area contributed by atoms with Crippen LogP contribution in [0.15, 0.2) is 24.3 Å². The molecular weight excluding hydrogens is 326 g/mol. The Morgan fingerprint density at radius 3 is 2.12 bits per heavy atom. The van der Waals surface area contributed by atoms with Gasteiger partial charge in [-0.05, 0) is 32.9 Å². The van der Waals surface area contributed by atoms with E-state index in [1.54, 1.807) is 45.0 Å². The van der Waals surface area contributed by atoms with Crippen molar-refractivity contribution in [2.45, 2.75) is 32.8 Å². The Morgan fingerprint density at radius 1 is 1.04 bits per heavy atom. The number of fused-ring (bicyclic) bond motifs is 1. The van der Waals surface area contributed by atoms with E-state index in [0.29, 0.717) is 11.1 Å². The van der Waals surface area contributed by atoms with Gasteiger partial charge in [0, 0.05) is 0 Å². The van der Waals surface area contributed by atoms with Crippen molar-refractivity contribution < 1.29 is 28.7 Å². The lowest BCUT2D eigenvalue weighted by Gasteiger charge is -2.19. The van der Waals surface area contributed by atoms with Crippen molar-refractivity contribution in [2.24, 2.45) is 0 Å². The number of hydrogen-bond donors (Lipinski definition) is 0. The molecule has 1 aliphatic heterocycles. The molecule has 2 rings (SSSR count). The summed E-state index contributed by atoms with van der Waals surface area (Å²) in [6, 6.07) is 6.58. The van der Waals surface area contributed by atoms with Crippen LogP contribution < -0.4 is 0 Å². The van der Waals surface area contributed by atoms with E-state index in [-0.39, 0.29) is 38.0 Å². The summed E-state index contributed by atoms with van der Waals surface area (Å²) in [6.07, 6.45) is -0.371. The van der Waals surface area contributed by atoms with Crippen LogP contribution in [0.2, 0.25) is 0 Å². The van der Waals surface area contributed by atoms with Crippen LogP contribution in [0.3, 0.4) is 0 Å². The Bertz CT molecular complexity index is 669. The minimum atomic E-state index is -0.649. The number of ether oxygens (including phenoxy) is 2. The minimum Gasteiger partial charge on any atom is -0.460 e. The quantitative estimate of drug-likeness (QED) is 0.322. The van der Waals surface area contributed by atoms with E-state index in [0.717, 1.165) is 4.90 Å². The molecule has 1 aliphatic rings. The Balaban J connectivity index is 1.74. The lowest BCUT2D eigenvalue weighted by molar-refractivity contribution is -0.156. The molecule has 0 unspecified atom stereocenters. The number of carbonyl (C=O) groups is 4. The molecule has 0 spiro atoms.